The summed E-state index contributed by atoms with van der Waals surface area (Å²) < 4.78 is 36.8. The Morgan fingerprint density at radius 1 is 1.03 bits per heavy atom. The molecule has 0 heterocycles. The normalized spacial score (nSPS) is 11.4. The van der Waals surface area contributed by atoms with Crippen LogP contribution >= 0.6 is 0 Å². The maximum atomic E-state index is 13.0. The molecular formula is C21H28N2O5S. The predicted molar refractivity (Wildman–Crippen MR) is 112 cm³/mol. The summed E-state index contributed by atoms with van der Waals surface area (Å²) in [6, 6.07) is 11.7. The van der Waals surface area contributed by atoms with E-state index in [1.807, 2.05) is 32.0 Å². The zero-order chi connectivity index (χ0) is 21.6. The van der Waals surface area contributed by atoms with Crippen LogP contribution in [0.1, 0.15) is 29.8 Å². The molecule has 0 spiro atoms. The molecule has 0 aliphatic rings. The molecule has 0 aliphatic heterocycles. The number of sulfonamides is 1. The minimum Gasteiger partial charge on any atom is -0.493 e. The summed E-state index contributed by atoms with van der Waals surface area (Å²) >= 11 is 0. The molecular weight excluding hydrogens is 392 g/mol. The van der Waals surface area contributed by atoms with Crippen LogP contribution in [0.5, 0.6) is 11.5 Å². The van der Waals surface area contributed by atoms with Crippen molar-refractivity contribution in [2.24, 2.45) is 0 Å². The second kappa shape index (κ2) is 9.76. The van der Waals surface area contributed by atoms with Crippen LogP contribution in [0, 0.1) is 0 Å². The van der Waals surface area contributed by atoms with Crippen LogP contribution in [-0.2, 0) is 16.6 Å². The van der Waals surface area contributed by atoms with Crippen molar-refractivity contribution in [3.63, 3.8) is 0 Å². The Balaban J connectivity index is 2.28. The second-order valence-corrected chi connectivity index (χ2v) is 8.70. The van der Waals surface area contributed by atoms with Gasteiger partial charge in [0.2, 0.25) is 10.0 Å². The van der Waals surface area contributed by atoms with E-state index in [0.717, 1.165) is 9.87 Å². The Morgan fingerprint density at radius 3 is 2.34 bits per heavy atom. The van der Waals surface area contributed by atoms with Gasteiger partial charge in [0.15, 0.2) is 11.5 Å². The lowest BCUT2D eigenvalue weighted by Gasteiger charge is -2.22. The molecule has 0 aliphatic carbocycles. The zero-order valence-corrected chi connectivity index (χ0v) is 18.3. The van der Waals surface area contributed by atoms with Crippen LogP contribution in [0.3, 0.4) is 0 Å². The molecule has 0 saturated heterocycles. The third-order valence-corrected chi connectivity index (χ3v) is 6.24. The number of carbonyl (C=O) groups is 1. The van der Waals surface area contributed by atoms with Crippen molar-refractivity contribution in [1.82, 2.24) is 9.21 Å². The molecule has 29 heavy (non-hydrogen) atoms. The first kappa shape index (κ1) is 22.7. The average Bonchev–Trinajstić information content (AvgIpc) is 2.72. The molecule has 1 amide bonds. The maximum Gasteiger partial charge on any atom is 0.254 e. The van der Waals surface area contributed by atoms with E-state index in [1.54, 1.807) is 24.1 Å². The summed E-state index contributed by atoms with van der Waals surface area (Å²) in [7, 11) is 0.879. The van der Waals surface area contributed by atoms with Crippen molar-refractivity contribution in [2.45, 2.75) is 25.3 Å². The Labute approximate surface area is 172 Å². The third-order valence-electron chi connectivity index (χ3n) is 4.43. The molecule has 0 atom stereocenters. The fourth-order valence-electron chi connectivity index (χ4n) is 2.82. The van der Waals surface area contributed by atoms with Gasteiger partial charge in [-0.3, -0.25) is 4.79 Å². The van der Waals surface area contributed by atoms with E-state index in [2.05, 4.69) is 0 Å². The summed E-state index contributed by atoms with van der Waals surface area (Å²) in [5, 5.41) is 0. The van der Waals surface area contributed by atoms with Gasteiger partial charge in [-0.1, -0.05) is 12.1 Å². The van der Waals surface area contributed by atoms with Crippen molar-refractivity contribution in [2.75, 3.05) is 34.4 Å². The standard InChI is InChI=1S/C21H28N2O5S/c1-6-23(15-16-11-12-19(28-7-2)20(13-16)27-5)21(24)17-9-8-10-18(14-17)29(25,26)22(3)4/h8-14H,6-7,15H2,1-5H3. The number of amides is 1. The van der Waals surface area contributed by atoms with Crippen LogP contribution in [0.25, 0.3) is 0 Å². The number of benzene rings is 2. The van der Waals surface area contributed by atoms with E-state index in [-0.39, 0.29) is 10.8 Å². The van der Waals surface area contributed by atoms with Gasteiger partial charge in [-0.2, -0.15) is 0 Å². The lowest BCUT2D eigenvalue weighted by atomic mass is 10.1. The largest absolute Gasteiger partial charge is 0.493 e. The smallest absolute Gasteiger partial charge is 0.254 e. The van der Waals surface area contributed by atoms with E-state index in [1.165, 1.54) is 26.2 Å². The van der Waals surface area contributed by atoms with Gasteiger partial charge in [0.25, 0.3) is 5.91 Å². The Bertz CT molecular complexity index is 957. The molecule has 2 aromatic carbocycles. The number of ether oxygens (including phenoxy) is 2. The van der Waals surface area contributed by atoms with Crippen molar-refractivity contribution in [3.8, 4) is 11.5 Å². The lowest BCUT2D eigenvalue weighted by Crippen LogP contribution is -2.30. The molecule has 0 radical (unpaired) electrons. The van der Waals surface area contributed by atoms with Crippen LogP contribution in [-0.4, -0.2) is 57.9 Å². The summed E-state index contributed by atoms with van der Waals surface area (Å²) in [5.74, 6) is 1.01. The van der Waals surface area contributed by atoms with Crippen LogP contribution in [0.4, 0.5) is 0 Å². The Kier molecular flexibility index (Phi) is 7.64. The summed E-state index contributed by atoms with van der Waals surface area (Å²) in [5.41, 5.74) is 1.21. The molecule has 158 valence electrons. The molecule has 0 fully saturated rings. The number of hydrogen-bond acceptors (Lipinski definition) is 5. The fraction of sp³-hybridized carbons (Fsp3) is 0.381. The minimum absolute atomic E-state index is 0.0899. The van der Waals surface area contributed by atoms with Gasteiger partial charge in [0.1, 0.15) is 0 Å². The van der Waals surface area contributed by atoms with Gasteiger partial charge in [0, 0.05) is 32.7 Å². The van der Waals surface area contributed by atoms with Gasteiger partial charge in [-0.05, 0) is 49.7 Å². The minimum atomic E-state index is -3.61. The van der Waals surface area contributed by atoms with Crippen LogP contribution in [0.2, 0.25) is 0 Å². The highest BCUT2D eigenvalue weighted by molar-refractivity contribution is 7.89. The molecule has 0 N–H and O–H groups in total. The quantitative estimate of drug-likeness (QED) is 0.623. The zero-order valence-electron chi connectivity index (χ0n) is 17.5. The van der Waals surface area contributed by atoms with E-state index < -0.39 is 10.0 Å². The number of carbonyl (C=O) groups excluding carboxylic acids is 1. The van der Waals surface area contributed by atoms with E-state index >= 15 is 0 Å². The molecule has 7 nitrogen and oxygen atoms in total. The predicted octanol–water partition coefficient (Wildman–Crippen LogP) is 3.01. The maximum absolute atomic E-state index is 13.0. The fourth-order valence-corrected chi connectivity index (χ4v) is 3.76. The van der Waals surface area contributed by atoms with E-state index in [9.17, 15) is 13.2 Å². The highest BCUT2D eigenvalue weighted by atomic mass is 32.2. The number of methoxy groups -OCH3 is 1. The van der Waals surface area contributed by atoms with Crippen molar-refractivity contribution in [3.05, 3.63) is 53.6 Å². The van der Waals surface area contributed by atoms with Gasteiger partial charge in [0.05, 0.1) is 18.6 Å². The van der Waals surface area contributed by atoms with Gasteiger partial charge >= 0.3 is 0 Å². The van der Waals surface area contributed by atoms with Crippen LogP contribution in [0.15, 0.2) is 47.4 Å². The third kappa shape index (κ3) is 5.27. The van der Waals surface area contributed by atoms with Crippen molar-refractivity contribution in [1.29, 1.82) is 0 Å². The molecule has 0 bridgehead atoms. The lowest BCUT2D eigenvalue weighted by molar-refractivity contribution is 0.0752. The Morgan fingerprint density at radius 2 is 1.76 bits per heavy atom. The van der Waals surface area contributed by atoms with Crippen molar-refractivity contribution >= 4 is 15.9 Å². The summed E-state index contributed by atoms with van der Waals surface area (Å²) in [4.78, 5) is 14.8. The number of hydrogen-bond donors (Lipinski definition) is 0. The molecule has 0 aromatic heterocycles. The van der Waals surface area contributed by atoms with Gasteiger partial charge in [-0.25, -0.2) is 12.7 Å². The van der Waals surface area contributed by atoms with Gasteiger partial charge < -0.3 is 14.4 Å². The first-order valence-corrected chi connectivity index (χ1v) is 10.8. The first-order chi connectivity index (χ1) is 13.7. The SMILES string of the molecule is CCOc1ccc(CN(CC)C(=O)c2cccc(S(=O)(=O)N(C)C)c2)cc1OC. The topological polar surface area (TPSA) is 76.2 Å². The molecule has 2 aromatic rings. The molecule has 0 unspecified atom stereocenters. The highest BCUT2D eigenvalue weighted by Gasteiger charge is 2.21. The second-order valence-electron chi connectivity index (χ2n) is 6.55. The van der Waals surface area contributed by atoms with Gasteiger partial charge in [-0.15, -0.1) is 0 Å². The van der Waals surface area contributed by atoms with Crippen LogP contribution < -0.4 is 9.47 Å². The molecule has 8 heteroatoms. The first-order valence-electron chi connectivity index (χ1n) is 9.36. The van der Waals surface area contributed by atoms with Crippen molar-refractivity contribution < 1.29 is 22.7 Å². The molecule has 2 rings (SSSR count). The summed E-state index contributed by atoms with van der Waals surface area (Å²) in [6.07, 6.45) is 0. The monoisotopic (exact) mass is 420 g/mol. The highest BCUT2D eigenvalue weighted by Crippen LogP contribution is 2.28. The van der Waals surface area contributed by atoms with E-state index in [0.29, 0.717) is 36.8 Å². The summed E-state index contributed by atoms with van der Waals surface area (Å²) in [6.45, 7) is 5.14. The average molecular weight is 421 g/mol. The Hall–Kier alpha value is -2.58. The van der Waals surface area contributed by atoms with E-state index in [4.69, 9.17) is 9.47 Å². The number of rotatable bonds is 9. The molecule has 0 saturated carbocycles. The number of nitrogens with zero attached hydrogens (tertiary/aromatic N) is 2.